The number of aromatic nitrogens is 1. The van der Waals surface area contributed by atoms with Gasteiger partial charge in [-0.3, -0.25) is 9.88 Å². The van der Waals surface area contributed by atoms with Crippen LogP contribution in [0.3, 0.4) is 0 Å². The van der Waals surface area contributed by atoms with Gasteiger partial charge in [-0.05, 0) is 30.8 Å². The van der Waals surface area contributed by atoms with E-state index in [2.05, 4.69) is 16.9 Å². The maximum atomic E-state index is 5.97. The molecule has 1 atom stereocenters. The van der Waals surface area contributed by atoms with Gasteiger partial charge in [0.1, 0.15) is 0 Å². The number of rotatable bonds is 5. The van der Waals surface area contributed by atoms with Crippen LogP contribution in [0.2, 0.25) is 5.02 Å². The highest BCUT2D eigenvalue weighted by molar-refractivity contribution is 7.10. The third kappa shape index (κ3) is 3.29. The van der Waals surface area contributed by atoms with Gasteiger partial charge in [0.2, 0.25) is 0 Å². The molecule has 0 aromatic carbocycles. The molecule has 2 rings (SSSR count). The number of thiophene rings is 1. The standard InChI is InChI=1S/C13H16ClN3S/c1-17(8-10-2-4-16-5-3-10)12(7-15)13-6-11(14)9-18-13/h2-6,9,12H,7-8,15H2,1H3. The largest absolute Gasteiger partial charge is 0.329 e. The monoisotopic (exact) mass is 281 g/mol. The zero-order valence-corrected chi connectivity index (χ0v) is 11.8. The minimum Gasteiger partial charge on any atom is -0.329 e. The van der Waals surface area contributed by atoms with Gasteiger partial charge in [0, 0.05) is 35.7 Å². The van der Waals surface area contributed by atoms with Crippen LogP contribution in [0.5, 0.6) is 0 Å². The molecular weight excluding hydrogens is 266 g/mol. The van der Waals surface area contributed by atoms with E-state index in [1.165, 1.54) is 10.4 Å². The molecule has 0 aliphatic carbocycles. The Hall–Kier alpha value is -0.940. The summed E-state index contributed by atoms with van der Waals surface area (Å²) < 4.78 is 0. The SMILES string of the molecule is CN(Cc1ccncc1)C(CN)c1cc(Cl)cs1. The first kappa shape index (κ1) is 13.5. The van der Waals surface area contributed by atoms with Crippen molar-refractivity contribution in [1.29, 1.82) is 0 Å². The van der Waals surface area contributed by atoms with Crippen molar-refractivity contribution in [3.05, 3.63) is 51.4 Å². The summed E-state index contributed by atoms with van der Waals surface area (Å²) in [5.41, 5.74) is 7.11. The highest BCUT2D eigenvalue weighted by Crippen LogP contribution is 2.28. The lowest BCUT2D eigenvalue weighted by Gasteiger charge is -2.26. The molecule has 0 bridgehead atoms. The van der Waals surface area contributed by atoms with Crippen LogP contribution < -0.4 is 5.73 Å². The van der Waals surface area contributed by atoms with Crippen LogP contribution in [-0.4, -0.2) is 23.5 Å². The van der Waals surface area contributed by atoms with E-state index in [0.717, 1.165) is 11.6 Å². The molecule has 0 radical (unpaired) electrons. The van der Waals surface area contributed by atoms with Crippen molar-refractivity contribution in [2.75, 3.05) is 13.6 Å². The van der Waals surface area contributed by atoms with E-state index in [-0.39, 0.29) is 6.04 Å². The van der Waals surface area contributed by atoms with E-state index in [1.54, 1.807) is 11.3 Å². The van der Waals surface area contributed by atoms with Crippen molar-refractivity contribution in [3.63, 3.8) is 0 Å². The fraction of sp³-hybridized carbons (Fsp3) is 0.308. The van der Waals surface area contributed by atoms with Gasteiger partial charge in [0.15, 0.2) is 0 Å². The van der Waals surface area contributed by atoms with Crippen LogP contribution in [0.25, 0.3) is 0 Å². The molecule has 2 heterocycles. The summed E-state index contributed by atoms with van der Waals surface area (Å²) in [6, 6.07) is 6.24. The van der Waals surface area contributed by atoms with E-state index in [0.29, 0.717) is 6.54 Å². The first-order chi connectivity index (χ1) is 8.70. The predicted octanol–water partition coefficient (Wildman–Crippen LogP) is 2.93. The third-order valence-electron chi connectivity index (χ3n) is 2.85. The minimum atomic E-state index is 0.204. The van der Waals surface area contributed by atoms with Crippen LogP contribution >= 0.6 is 22.9 Å². The topological polar surface area (TPSA) is 42.2 Å². The first-order valence-corrected chi connectivity index (χ1v) is 6.99. The van der Waals surface area contributed by atoms with Gasteiger partial charge < -0.3 is 5.73 Å². The number of nitrogens with zero attached hydrogens (tertiary/aromatic N) is 2. The van der Waals surface area contributed by atoms with Crippen molar-refractivity contribution in [2.45, 2.75) is 12.6 Å². The number of nitrogens with two attached hydrogens (primary N) is 1. The van der Waals surface area contributed by atoms with E-state index < -0.39 is 0 Å². The lowest BCUT2D eigenvalue weighted by Crippen LogP contribution is -2.29. The van der Waals surface area contributed by atoms with Gasteiger partial charge in [-0.25, -0.2) is 0 Å². The Morgan fingerprint density at radius 3 is 2.72 bits per heavy atom. The molecule has 5 heteroatoms. The molecule has 2 N–H and O–H groups in total. The van der Waals surface area contributed by atoms with Crippen LogP contribution in [0.15, 0.2) is 36.0 Å². The first-order valence-electron chi connectivity index (χ1n) is 5.74. The zero-order chi connectivity index (χ0) is 13.0. The average molecular weight is 282 g/mol. The molecule has 0 amide bonds. The van der Waals surface area contributed by atoms with Crippen molar-refractivity contribution in [3.8, 4) is 0 Å². The van der Waals surface area contributed by atoms with E-state index in [4.69, 9.17) is 17.3 Å². The molecule has 0 saturated heterocycles. The third-order valence-corrected chi connectivity index (χ3v) is 4.23. The molecule has 0 fully saturated rings. The summed E-state index contributed by atoms with van der Waals surface area (Å²) in [6.45, 7) is 1.43. The molecular formula is C13H16ClN3S. The Morgan fingerprint density at radius 1 is 1.44 bits per heavy atom. The average Bonchev–Trinajstić information content (AvgIpc) is 2.78. The van der Waals surface area contributed by atoms with Gasteiger partial charge in [-0.15, -0.1) is 11.3 Å². The Labute approximate surface area is 116 Å². The van der Waals surface area contributed by atoms with Crippen LogP contribution in [0.4, 0.5) is 0 Å². The number of hydrogen-bond acceptors (Lipinski definition) is 4. The van der Waals surface area contributed by atoms with Crippen molar-refractivity contribution in [2.24, 2.45) is 5.73 Å². The second kappa shape index (κ2) is 6.29. The van der Waals surface area contributed by atoms with Gasteiger partial charge in [-0.2, -0.15) is 0 Å². The summed E-state index contributed by atoms with van der Waals surface area (Å²) >= 11 is 7.62. The molecule has 2 aromatic heterocycles. The smallest absolute Gasteiger partial charge is 0.0565 e. The van der Waals surface area contributed by atoms with Crippen LogP contribution in [-0.2, 0) is 6.54 Å². The van der Waals surface area contributed by atoms with E-state index in [9.17, 15) is 0 Å². The Bertz CT molecular complexity index is 486. The number of halogens is 1. The second-order valence-electron chi connectivity index (χ2n) is 4.19. The normalized spacial score (nSPS) is 12.9. The highest BCUT2D eigenvalue weighted by atomic mass is 35.5. The fourth-order valence-electron chi connectivity index (χ4n) is 1.90. The lowest BCUT2D eigenvalue weighted by molar-refractivity contribution is 0.245. The van der Waals surface area contributed by atoms with Gasteiger partial charge in [0.25, 0.3) is 0 Å². The Balaban J connectivity index is 2.08. The Morgan fingerprint density at radius 2 is 2.17 bits per heavy atom. The van der Waals surface area contributed by atoms with Crippen LogP contribution in [0.1, 0.15) is 16.5 Å². The quantitative estimate of drug-likeness (QED) is 0.916. The predicted molar refractivity (Wildman–Crippen MR) is 76.8 cm³/mol. The molecule has 0 spiro atoms. The molecule has 1 unspecified atom stereocenters. The highest BCUT2D eigenvalue weighted by Gasteiger charge is 2.17. The number of pyridine rings is 1. The summed E-state index contributed by atoms with van der Waals surface area (Å²) in [5, 5.41) is 2.73. The Kier molecular flexibility index (Phi) is 4.72. The number of hydrogen-bond donors (Lipinski definition) is 1. The van der Waals surface area contributed by atoms with Crippen LogP contribution in [0, 0.1) is 0 Å². The van der Waals surface area contributed by atoms with E-state index in [1.807, 2.05) is 36.0 Å². The summed E-state index contributed by atoms with van der Waals surface area (Å²) in [6.07, 6.45) is 3.62. The zero-order valence-electron chi connectivity index (χ0n) is 10.2. The second-order valence-corrected chi connectivity index (χ2v) is 5.57. The molecule has 0 saturated carbocycles. The van der Waals surface area contributed by atoms with E-state index >= 15 is 0 Å². The molecule has 2 aromatic rings. The lowest BCUT2D eigenvalue weighted by atomic mass is 10.2. The number of likely N-dealkylation sites (N-methyl/N-ethyl adjacent to an activating group) is 1. The molecule has 18 heavy (non-hydrogen) atoms. The maximum absolute atomic E-state index is 5.97. The summed E-state index contributed by atoms with van der Waals surface area (Å²) in [7, 11) is 2.07. The molecule has 96 valence electrons. The van der Waals surface area contributed by atoms with Gasteiger partial charge in [-0.1, -0.05) is 11.6 Å². The maximum Gasteiger partial charge on any atom is 0.0565 e. The summed E-state index contributed by atoms with van der Waals surface area (Å²) in [5.74, 6) is 0. The van der Waals surface area contributed by atoms with Gasteiger partial charge >= 0.3 is 0 Å². The fourth-order valence-corrected chi connectivity index (χ4v) is 3.16. The van der Waals surface area contributed by atoms with Crippen molar-refractivity contribution in [1.82, 2.24) is 9.88 Å². The summed E-state index contributed by atoms with van der Waals surface area (Å²) in [4.78, 5) is 7.46. The minimum absolute atomic E-state index is 0.204. The van der Waals surface area contributed by atoms with Gasteiger partial charge in [0.05, 0.1) is 11.1 Å². The molecule has 0 aliphatic rings. The molecule has 0 aliphatic heterocycles. The van der Waals surface area contributed by atoms with Crippen molar-refractivity contribution >= 4 is 22.9 Å². The van der Waals surface area contributed by atoms with Crippen molar-refractivity contribution < 1.29 is 0 Å². The molecule has 3 nitrogen and oxygen atoms in total.